The third-order valence-electron chi connectivity index (χ3n) is 1.63. The van der Waals surface area contributed by atoms with E-state index in [9.17, 15) is 14.5 Å². The molecule has 5 heteroatoms. The number of rotatable bonds is 3. The van der Waals surface area contributed by atoms with Gasteiger partial charge in [0.25, 0.3) is 5.69 Å². The lowest BCUT2D eigenvalue weighted by Crippen LogP contribution is -1.98. The summed E-state index contributed by atoms with van der Waals surface area (Å²) in [7, 11) is 0. The Balaban J connectivity index is 3.10. The van der Waals surface area contributed by atoms with E-state index in [2.05, 4.69) is 0 Å². The third kappa shape index (κ3) is 2.22. The van der Waals surface area contributed by atoms with E-state index in [1.54, 1.807) is 0 Å². The van der Waals surface area contributed by atoms with E-state index in [-0.39, 0.29) is 18.7 Å². The highest BCUT2D eigenvalue weighted by molar-refractivity contribution is 5.40. The number of hydrogen-bond donors (Lipinski definition) is 1. The summed E-state index contributed by atoms with van der Waals surface area (Å²) in [4.78, 5) is 9.75. The first-order valence-corrected chi connectivity index (χ1v) is 3.69. The smallest absolute Gasteiger partial charge is 0.275 e. The van der Waals surface area contributed by atoms with E-state index < -0.39 is 10.7 Å². The molecule has 0 fully saturated rings. The van der Waals surface area contributed by atoms with E-state index in [4.69, 9.17) is 5.11 Å². The fourth-order valence-corrected chi connectivity index (χ4v) is 1.04. The van der Waals surface area contributed by atoms with Gasteiger partial charge in [0.15, 0.2) is 0 Å². The number of nitro groups is 1. The normalized spacial score (nSPS) is 10.0. The molecule has 0 aromatic heterocycles. The second kappa shape index (κ2) is 3.95. The number of halogens is 1. The Morgan fingerprint density at radius 1 is 1.54 bits per heavy atom. The van der Waals surface area contributed by atoms with Crippen LogP contribution in [0.1, 0.15) is 5.56 Å². The zero-order chi connectivity index (χ0) is 9.84. The van der Waals surface area contributed by atoms with E-state index >= 15 is 0 Å². The van der Waals surface area contributed by atoms with Crippen molar-refractivity contribution in [3.63, 3.8) is 0 Å². The minimum Gasteiger partial charge on any atom is -0.396 e. The second-order valence-electron chi connectivity index (χ2n) is 2.50. The summed E-state index contributed by atoms with van der Waals surface area (Å²) in [6.45, 7) is -0.188. The SMILES string of the molecule is O=[N+]([O-])c1cc(F)ccc1CCO. The van der Waals surface area contributed by atoms with Crippen molar-refractivity contribution in [2.45, 2.75) is 6.42 Å². The van der Waals surface area contributed by atoms with Crippen LogP contribution in [0.4, 0.5) is 10.1 Å². The largest absolute Gasteiger partial charge is 0.396 e. The van der Waals surface area contributed by atoms with Crippen LogP contribution in [0.3, 0.4) is 0 Å². The molecule has 0 aliphatic heterocycles. The third-order valence-corrected chi connectivity index (χ3v) is 1.63. The number of aliphatic hydroxyl groups is 1. The molecule has 0 aliphatic rings. The predicted octanol–water partition coefficient (Wildman–Crippen LogP) is 1.27. The molecule has 0 saturated heterocycles. The van der Waals surface area contributed by atoms with Crippen LogP contribution in [0, 0.1) is 15.9 Å². The Labute approximate surface area is 73.8 Å². The van der Waals surface area contributed by atoms with Gasteiger partial charge in [0.1, 0.15) is 5.82 Å². The lowest BCUT2D eigenvalue weighted by Gasteiger charge is -1.99. The van der Waals surface area contributed by atoms with E-state index in [0.717, 1.165) is 12.1 Å². The highest BCUT2D eigenvalue weighted by Gasteiger charge is 2.13. The van der Waals surface area contributed by atoms with Gasteiger partial charge >= 0.3 is 0 Å². The molecule has 0 spiro atoms. The van der Waals surface area contributed by atoms with Crippen molar-refractivity contribution in [2.24, 2.45) is 0 Å². The summed E-state index contributed by atoms with van der Waals surface area (Å²) in [5.74, 6) is -0.645. The molecule has 1 rings (SSSR count). The number of aliphatic hydroxyl groups excluding tert-OH is 1. The average molecular weight is 185 g/mol. The van der Waals surface area contributed by atoms with E-state index in [0.29, 0.717) is 5.56 Å². The summed E-state index contributed by atoms with van der Waals surface area (Å²) in [5.41, 5.74) is 0.0583. The molecule has 0 aliphatic carbocycles. The first-order chi connectivity index (χ1) is 6.15. The van der Waals surface area contributed by atoms with Crippen molar-refractivity contribution in [1.29, 1.82) is 0 Å². The minimum absolute atomic E-state index is 0.163. The van der Waals surface area contributed by atoms with E-state index in [1.165, 1.54) is 6.07 Å². The molecule has 0 unspecified atom stereocenters. The van der Waals surface area contributed by atoms with Crippen molar-refractivity contribution in [3.05, 3.63) is 39.7 Å². The molecule has 70 valence electrons. The average Bonchev–Trinajstić information content (AvgIpc) is 2.08. The highest BCUT2D eigenvalue weighted by atomic mass is 19.1. The van der Waals surface area contributed by atoms with Gasteiger partial charge in [-0.05, 0) is 12.1 Å². The van der Waals surface area contributed by atoms with Gasteiger partial charge in [-0.25, -0.2) is 4.39 Å². The number of hydrogen-bond acceptors (Lipinski definition) is 3. The monoisotopic (exact) mass is 185 g/mol. The van der Waals surface area contributed by atoms with Gasteiger partial charge < -0.3 is 5.11 Å². The summed E-state index contributed by atoms with van der Waals surface area (Å²) in [6, 6.07) is 3.30. The molecule has 1 aromatic carbocycles. The highest BCUT2D eigenvalue weighted by Crippen LogP contribution is 2.19. The van der Waals surface area contributed by atoms with Gasteiger partial charge in [0.2, 0.25) is 0 Å². The van der Waals surface area contributed by atoms with Gasteiger partial charge in [0, 0.05) is 18.6 Å². The molecule has 4 nitrogen and oxygen atoms in total. The summed E-state index contributed by atoms with van der Waals surface area (Å²) in [5, 5.41) is 19.0. The lowest BCUT2D eigenvalue weighted by atomic mass is 10.1. The van der Waals surface area contributed by atoms with Crippen molar-refractivity contribution in [1.82, 2.24) is 0 Å². The standard InChI is InChI=1S/C8H8FNO3/c9-7-2-1-6(3-4-11)8(5-7)10(12)13/h1-2,5,11H,3-4H2. The van der Waals surface area contributed by atoms with Crippen LogP contribution in [0.25, 0.3) is 0 Å². The number of benzene rings is 1. The zero-order valence-electron chi connectivity index (χ0n) is 6.74. The van der Waals surface area contributed by atoms with Crippen LogP contribution < -0.4 is 0 Å². The maximum Gasteiger partial charge on any atom is 0.275 e. The summed E-state index contributed by atoms with van der Waals surface area (Å²) >= 11 is 0. The molecule has 1 N–H and O–H groups in total. The molecule has 0 heterocycles. The van der Waals surface area contributed by atoms with Gasteiger partial charge in [-0.15, -0.1) is 0 Å². The Morgan fingerprint density at radius 2 is 2.23 bits per heavy atom. The molecule has 0 bridgehead atoms. The van der Waals surface area contributed by atoms with Crippen molar-refractivity contribution in [3.8, 4) is 0 Å². The van der Waals surface area contributed by atoms with Gasteiger partial charge in [0.05, 0.1) is 11.0 Å². The first kappa shape index (κ1) is 9.60. The van der Waals surface area contributed by atoms with Crippen molar-refractivity contribution in [2.75, 3.05) is 6.61 Å². The quantitative estimate of drug-likeness (QED) is 0.569. The Bertz CT molecular complexity index is 327. The topological polar surface area (TPSA) is 63.4 Å². The van der Waals surface area contributed by atoms with Crippen LogP contribution in [-0.2, 0) is 6.42 Å². The molecular formula is C8H8FNO3. The zero-order valence-corrected chi connectivity index (χ0v) is 6.74. The van der Waals surface area contributed by atoms with Crippen molar-refractivity contribution < 1.29 is 14.4 Å². The van der Waals surface area contributed by atoms with Crippen LogP contribution in [0.2, 0.25) is 0 Å². The summed E-state index contributed by atoms with van der Waals surface area (Å²) < 4.78 is 12.6. The maximum absolute atomic E-state index is 12.6. The van der Waals surface area contributed by atoms with Crippen LogP contribution >= 0.6 is 0 Å². The summed E-state index contributed by atoms with van der Waals surface area (Å²) in [6.07, 6.45) is 0.163. The predicted molar refractivity (Wildman–Crippen MR) is 43.8 cm³/mol. The fourth-order valence-electron chi connectivity index (χ4n) is 1.04. The van der Waals surface area contributed by atoms with Gasteiger partial charge in [-0.2, -0.15) is 0 Å². The molecule has 13 heavy (non-hydrogen) atoms. The molecule has 1 aromatic rings. The maximum atomic E-state index is 12.6. The molecule has 0 saturated carbocycles. The first-order valence-electron chi connectivity index (χ1n) is 3.69. The Kier molecular flexibility index (Phi) is 2.92. The second-order valence-corrected chi connectivity index (χ2v) is 2.50. The molecule has 0 atom stereocenters. The molecule has 0 amide bonds. The number of nitro benzene ring substituents is 1. The van der Waals surface area contributed by atoms with Crippen LogP contribution in [0.15, 0.2) is 18.2 Å². The van der Waals surface area contributed by atoms with E-state index in [1.807, 2.05) is 0 Å². The Hall–Kier alpha value is -1.49. The Morgan fingerprint density at radius 3 is 2.77 bits per heavy atom. The van der Waals surface area contributed by atoms with Crippen LogP contribution in [0.5, 0.6) is 0 Å². The number of nitrogens with zero attached hydrogens (tertiary/aromatic N) is 1. The minimum atomic E-state index is -0.659. The van der Waals surface area contributed by atoms with Gasteiger partial charge in [-0.3, -0.25) is 10.1 Å². The lowest BCUT2D eigenvalue weighted by molar-refractivity contribution is -0.385. The van der Waals surface area contributed by atoms with Gasteiger partial charge in [-0.1, -0.05) is 0 Å². The molecular weight excluding hydrogens is 177 g/mol. The van der Waals surface area contributed by atoms with Crippen LogP contribution in [-0.4, -0.2) is 16.6 Å². The molecule has 0 radical (unpaired) electrons. The fraction of sp³-hybridized carbons (Fsp3) is 0.250. The van der Waals surface area contributed by atoms with Crippen molar-refractivity contribution >= 4 is 5.69 Å².